The molecule has 0 saturated carbocycles. The molecule has 0 spiro atoms. The van der Waals surface area contributed by atoms with E-state index in [9.17, 15) is 5.11 Å². The van der Waals surface area contributed by atoms with Gasteiger partial charge in [0.05, 0.1) is 38.5 Å². The number of benzene rings is 2. The molecule has 5 rings (SSSR count). The number of hydrogen-bond donors (Lipinski definition) is 2. The fourth-order valence-corrected chi connectivity index (χ4v) is 4.19. The number of fused-ring (bicyclic) bond motifs is 2. The van der Waals surface area contributed by atoms with E-state index in [-0.39, 0.29) is 11.9 Å². The fourth-order valence-electron chi connectivity index (χ4n) is 4.19. The van der Waals surface area contributed by atoms with E-state index in [1.807, 2.05) is 31.2 Å². The standard InChI is InChI=1S/C24H28N4O5/c1-15-3-4-16(7-21(15)29)27-24-19-8-22(30-2)23(9-20(19)25-14-26-24)33-13-18-10-28-5-6-31-11-17(28)12-32-18/h3-4,7-9,14,17-18,29H,5-6,10-13H2,1-2H3,(H,25,26,27). The number of methoxy groups -OCH3 is 1. The average molecular weight is 453 g/mol. The van der Waals surface area contributed by atoms with Crippen LogP contribution in [0.15, 0.2) is 36.7 Å². The van der Waals surface area contributed by atoms with Gasteiger partial charge in [0.1, 0.15) is 30.6 Å². The van der Waals surface area contributed by atoms with Crippen molar-refractivity contribution in [2.24, 2.45) is 0 Å². The lowest BCUT2D eigenvalue weighted by atomic mass is 10.1. The van der Waals surface area contributed by atoms with E-state index >= 15 is 0 Å². The van der Waals surface area contributed by atoms with Crippen LogP contribution in [-0.2, 0) is 9.47 Å². The van der Waals surface area contributed by atoms with Crippen LogP contribution in [0.2, 0.25) is 0 Å². The number of aromatic hydroxyl groups is 1. The number of rotatable bonds is 6. The maximum atomic E-state index is 10.0. The van der Waals surface area contributed by atoms with Crippen molar-refractivity contribution in [1.82, 2.24) is 14.9 Å². The second-order valence-corrected chi connectivity index (χ2v) is 8.36. The molecule has 33 heavy (non-hydrogen) atoms. The van der Waals surface area contributed by atoms with Gasteiger partial charge in [-0.2, -0.15) is 0 Å². The molecule has 2 aliphatic rings. The lowest BCUT2D eigenvalue weighted by molar-refractivity contribution is -0.124. The number of aromatic nitrogens is 2. The Morgan fingerprint density at radius 1 is 1.18 bits per heavy atom. The molecule has 3 heterocycles. The van der Waals surface area contributed by atoms with Crippen molar-refractivity contribution in [3.8, 4) is 17.2 Å². The van der Waals surface area contributed by atoms with Crippen LogP contribution in [0.4, 0.5) is 11.5 Å². The van der Waals surface area contributed by atoms with Crippen LogP contribution in [0.3, 0.4) is 0 Å². The van der Waals surface area contributed by atoms with Crippen molar-refractivity contribution >= 4 is 22.4 Å². The molecule has 2 saturated heterocycles. The summed E-state index contributed by atoms with van der Waals surface area (Å²) in [6, 6.07) is 9.46. The predicted octanol–water partition coefficient (Wildman–Crippen LogP) is 2.87. The number of phenols is 1. The molecule has 0 radical (unpaired) electrons. The molecule has 2 aliphatic heterocycles. The van der Waals surface area contributed by atoms with E-state index in [0.717, 1.165) is 48.5 Å². The third-order valence-corrected chi connectivity index (χ3v) is 6.13. The third-order valence-electron chi connectivity index (χ3n) is 6.13. The predicted molar refractivity (Wildman–Crippen MR) is 124 cm³/mol. The van der Waals surface area contributed by atoms with Gasteiger partial charge in [0.25, 0.3) is 0 Å². The molecular weight excluding hydrogens is 424 g/mol. The molecule has 2 aromatic carbocycles. The summed E-state index contributed by atoms with van der Waals surface area (Å²) in [5, 5.41) is 14.0. The van der Waals surface area contributed by atoms with Crippen LogP contribution in [-0.4, -0.2) is 78.7 Å². The fraction of sp³-hybridized carbons (Fsp3) is 0.417. The van der Waals surface area contributed by atoms with E-state index in [1.54, 1.807) is 13.2 Å². The molecule has 1 aromatic heterocycles. The summed E-state index contributed by atoms with van der Waals surface area (Å²) >= 11 is 0. The molecular formula is C24H28N4O5. The maximum absolute atomic E-state index is 10.0. The summed E-state index contributed by atoms with van der Waals surface area (Å²) in [6.45, 7) is 6.16. The van der Waals surface area contributed by atoms with Gasteiger partial charge in [0.15, 0.2) is 11.5 Å². The number of phenolic OH excluding ortho intramolecular Hbond substituents is 1. The SMILES string of the molecule is COc1cc2c(Nc3ccc(C)c(O)c3)ncnc2cc1OCC1CN2CCOCC2CO1. The summed E-state index contributed by atoms with van der Waals surface area (Å²) in [5.41, 5.74) is 2.26. The van der Waals surface area contributed by atoms with Crippen molar-refractivity contribution in [2.75, 3.05) is 51.9 Å². The van der Waals surface area contributed by atoms with Crippen LogP contribution in [0, 0.1) is 6.92 Å². The van der Waals surface area contributed by atoms with E-state index in [4.69, 9.17) is 18.9 Å². The normalized spacial score (nSPS) is 20.9. The molecule has 3 aromatic rings. The minimum Gasteiger partial charge on any atom is -0.508 e. The zero-order valence-corrected chi connectivity index (χ0v) is 18.8. The number of morpholine rings is 2. The highest BCUT2D eigenvalue weighted by molar-refractivity contribution is 5.93. The van der Waals surface area contributed by atoms with Crippen molar-refractivity contribution in [2.45, 2.75) is 19.1 Å². The van der Waals surface area contributed by atoms with Crippen molar-refractivity contribution in [3.05, 3.63) is 42.2 Å². The molecule has 0 amide bonds. The highest BCUT2D eigenvalue weighted by Crippen LogP contribution is 2.35. The second kappa shape index (κ2) is 9.38. The molecule has 174 valence electrons. The quantitative estimate of drug-likeness (QED) is 0.585. The zero-order valence-electron chi connectivity index (χ0n) is 18.8. The summed E-state index contributed by atoms with van der Waals surface area (Å²) in [5.74, 6) is 2.03. The van der Waals surface area contributed by atoms with Crippen LogP contribution >= 0.6 is 0 Å². The van der Waals surface area contributed by atoms with E-state index in [0.29, 0.717) is 36.6 Å². The topological polar surface area (TPSA) is 98.2 Å². The van der Waals surface area contributed by atoms with Gasteiger partial charge in [0, 0.05) is 36.3 Å². The van der Waals surface area contributed by atoms with Crippen molar-refractivity contribution < 1.29 is 24.1 Å². The van der Waals surface area contributed by atoms with Gasteiger partial charge in [-0.15, -0.1) is 0 Å². The molecule has 9 heteroatoms. The average Bonchev–Trinajstić information content (AvgIpc) is 2.84. The molecule has 2 unspecified atom stereocenters. The highest BCUT2D eigenvalue weighted by Gasteiger charge is 2.31. The second-order valence-electron chi connectivity index (χ2n) is 8.36. The molecule has 2 fully saturated rings. The Hall–Kier alpha value is -3.14. The highest BCUT2D eigenvalue weighted by atomic mass is 16.5. The lowest BCUT2D eigenvalue weighted by Gasteiger charge is -2.41. The third kappa shape index (κ3) is 4.66. The first kappa shape index (κ1) is 21.7. The molecule has 0 aliphatic carbocycles. The van der Waals surface area contributed by atoms with Crippen LogP contribution in [0.5, 0.6) is 17.2 Å². The first-order valence-electron chi connectivity index (χ1n) is 11.1. The minimum atomic E-state index is -0.0170. The van der Waals surface area contributed by atoms with Crippen LogP contribution < -0.4 is 14.8 Å². The monoisotopic (exact) mass is 452 g/mol. The Balaban J connectivity index is 1.34. The van der Waals surface area contributed by atoms with Gasteiger partial charge < -0.3 is 29.4 Å². The van der Waals surface area contributed by atoms with Gasteiger partial charge in [-0.05, 0) is 24.6 Å². The maximum Gasteiger partial charge on any atom is 0.163 e. The largest absolute Gasteiger partial charge is 0.508 e. The number of ether oxygens (including phenoxy) is 4. The van der Waals surface area contributed by atoms with Gasteiger partial charge >= 0.3 is 0 Å². The summed E-state index contributed by atoms with van der Waals surface area (Å²) in [7, 11) is 1.61. The minimum absolute atomic E-state index is 0.0170. The van der Waals surface area contributed by atoms with Gasteiger partial charge in [-0.3, -0.25) is 4.90 Å². The first-order valence-corrected chi connectivity index (χ1v) is 11.1. The number of aryl methyl sites for hydroxylation is 1. The van der Waals surface area contributed by atoms with Gasteiger partial charge in [-0.25, -0.2) is 9.97 Å². The number of nitrogens with one attached hydrogen (secondary N) is 1. The Morgan fingerprint density at radius 2 is 2.09 bits per heavy atom. The summed E-state index contributed by atoms with van der Waals surface area (Å²) in [6.07, 6.45) is 1.48. The smallest absolute Gasteiger partial charge is 0.163 e. The lowest BCUT2D eigenvalue weighted by Crippen LogP contribution is -2.56. The Kier molecular flexibility index (Phi) is 6.17. The van der Waals surface area contributed by atoms with Gasteiger partial charge in [0.2, 0.25) is 0 Å². The van der Waals surface area contributed by atoms with E-state index in [2.05, 4.69) is 20.2 Å². The Morgan fingerprint density at radius 3 is 2.94 bits per heavy atom. The number of hydrogen-bond acceptors (Lipinski definition) is 9. The molecule has 2 atom stereocenters. The van der Waals surface area contributed by atoms with Crippen molar-refractivity contribution in [1.29, 1.82) is 0 Å². The van der Waals surface area contributed by atoms with E-state index < -0.39 is 0 Å². The Bertz CT molecular complexity index is 1140. The Labute approximate surface area is 192 Å². The summed E-state index contributed by atoms with van der Waals surface area (Å²) < 4.78 is 23.2. The molecule has 0 bridgehead atoms. The summed E-state index contributed by atoms with van der Waals surface area (Å²) in [4.78, 5) is 11.2. The zero-order chi connectivity index (χ0) is 22.8. The molecule has 9 nitrogen and oxygen atoms in total. The number of anilines is 2. The van der Waals surface area contributed by atoms with Gasteiger partial charge in [-0.1, -0.05) is 6.07 Å². The van der Waals surface area contributed by atoms with E-state index in [1.165, 1.54) is 6.33 Å². The van der Waals surface area contributed by atoms with Crippen LogP contribution in [0.1, 0.15) is 5.56 Å². The molecule has 2 N–H and O–H groups in total. The van der Waals surface area contributed by atoms with Crippen molar-refractivity contribution in [3.63, 3.8) is 0 Å². The van der Waals surface area contributed by atoms with Crippen LogP contribution in [0.25, 0.3) is 10.9 Å². The first-order chi connectivity index (χ1) is 16.1. The number of nitrogens with zero attached hydrogens (tertiary/aromatic N) is 3.